The molecule has 2 atom stereocenters. The van der Waals surface area contributed by atoms with E-state index in [0.717, 1.165) is 43.0 Å². The third-order valence-corrected chi connectivity index (χ3v) is 6.54. The van der Waals surface area contributed by atoms with Gasteiger partial charge in [-0.2, -0.15) is 0 Å². The van der Waals surface area contributed by atoms with Crippen molar-refractivity contribution in [1.29, 1.82) is 0 Å². The molecule has 1 fully saturated rings. The Balaban J connectivity index is 1.28. The molecule has 4 nitrogen and oxygen atoms in total. The van der Waals surface area contributed by atoms with Crippen LogP contribution in [0.5, 0.6) is 11.5 Å². The number of rotatable bonds is 9. The van der Waals surface area contributed by atoms with E-state index in [4.69, 9.17) is 14.2 Å². The molecule has 0 bridgehead atoms. The van der Waals surface area contributed by atoms with Crippen molar-refractivity contribution in [3.8, 4) is 11.5 Å². The highest BCUT2D eigenvalue weighted by Gasteiger charge is 2.33. The summed E-state index contributed by atoms with van der Waals surface area (Å²) in [6.45, 7) is 7.89. The fourth-order valence-electron chi connectivity index (χ4n) is 4.96. The molecule has 2 aliphatic heterocycles. The molecule has 0 unspecified atom stereocenters. The number of ether oxygens (including phenoxy) is 3. The summed E-state index contributed by atoms with van der Waals surface area (Å²) in [6, 6.07) is 17.3. The van der Waals surface area contributed by atoms with Crippen LogP contribution in [0.15, 0.2) is 48.5 Å². The maximum atomic E-state index is 5.99. The second kappa shape index (κ2) is 9.84. The van der Waals surface area contributed by atoms with E-state index in [-0.39, 0.29) is 5.60 Å². The number of benzene rings is 2. The average Bonchev–Trinajstić information content (AvgIpc) is 3.20. The Bertz CT molecular complexity index is 805. The summed E-state index contributed by atoms with van der Waals surface area (Å²) in [7, 11) is 0. The molecular weight excluding hydrogens is 374 g/mol. The third kappa shape index (κ3) is 5.77. The lowest BCUT2D eigenvalue weighted by atomic mass is 9.75. The van der Waals surface area contributed by atoms with Gasteiger partial charge in [0.2, 0.25) is 6.79 Å². The molecular formula is C26H36NO3+. The van der Waals surface area contributed by atoms with Gasteiger partial charge in [-0.3, -0.25) is 0 Å². The largest absolute Gasteiger partial charge is 0.454 e. The van der Waals surface area contributed by atoms with Crippen LogP contribution in [-0.4, -0.2) is 25.5 Å². The Hall–Kier alpha value is -2.04. The minimum absolute atomic E-state index is 0.0172. The van der Waals surface area contributed by atoms with Gasteiger partial charge in [-0.1, -0.05) is 30.3 Å². The maximum absolute atomic E-state index is 5.99. The molecule has 4 heteroatoms. The van der Waals surface area contributed by atoms with Crippen LogP contribution in [0, 0.1) is 11.8 Å². The SMILES string of the molecule is CC1(C)C[C@H]([C@@H](CCC[NH2+]Cc2ccc3c(c2)OCO3)Cc2ccccc2)CCO1. The lowest BCUT2D eigenvalue weighted by Crippen LogP contribution is -2.82. The molecule has 1 saturated heterocycles. The highest BCUT2D eigenvalue weighted by atomic mass is 16.7. The first kappa shape index (κ1) is 21.2. The van der Waals surface area contributed by atoms with Crippen LogP contribution in [-0.2, 0) is 17.7 Å². The van der Waals surface area contributed by atoms with Gasteiger partial charge in [0, 0.05) is 12.2 Å². The summed E-state index contributed by atoms with van der Waals surface area (Å²) in [5, 5.41) is 2.42. The molecule has 162 valence electrons. The van der Waals surface area contributed by atoms with Crippen LogP contribution in [0.3, 0.4) is 0 Å². The summed E-state index contributed by atoms with van der Waals surface area (Å²) >= 11 is 0. The molecule has 2 aliphatic rings. The van der Waals surface area contributed by atoms with E-state index in [9.17, 15) is 0 Å². The van der Waals surface area contributed by atoms with Gasteiger partial charge in [-0.15, -0.1) is 0 Å². The van der Waals surface area contributed by atoms with Gasteiger partial charge >= 0.3 is 0 Å². The molecule has 0 aliphatic carbocycles. The lowest BCUT2D eigenvalue weighted by Gasteiger charge is -2.39. The number of hydrogen-bond acceptors (Lipinski definition) is 3. The second-order valence-corrected chi connectivity index (χ2v) is 9.42. The molecule has 0 aromatic heterocycles. The minimum Gasteiger partial charge on any atom is -0.454 e. The van der Waals surface area contributed by atoms with E-state index in [1.54, 1.807) is 0 Å². The van der Waals surface area contributed by atoms with E-state index >= 15 is 0 Å². The van der Waals surface area contributed by atoms with Crippen molar-refractivity contribution in [3.05, 3.63) is 59.7 Å². The normalized spacial score (nSPS) is 20.8. The number of fused-ring (bicyclic) bond motifs is 1. The molecule has 2 aromatic rings. The fraction of sp³-hybridized carbons (Fsp3) is 0.538. The number of hydrogen-bond donors (Lipinski definition) is 1. The molecule has 2 N–H and O–H groups in total. The van der Waals surface area contributed by atoms with Crippen molar-refractivity contribution in [2.75, 3.05) is 19.9 Å². The van der Waals surface area contributed by atoms with Crippen molar-refractivity contribution in [1.82, 2.24) is 0 Å². The standard InChI is InChI=1S/C26H35NO3/c1-26(2)17-23(12-14-30-26)22(15-20-7-4-3-5-8-20)9-6-13-27-18-21-10-11-24-25(16-21)29-19-28-24/h3-5,7-8,10-11,16,22-23,27H,6,9,12-15,17-19H2,1-2H3/p+1/t22-,23+/m0/s1. The molecule has 0 spiro atoms. The molecule has 4 rings (SSSR count). The van der Waals surface area contributed by atoms with Crippen LogP contribution >= 0.6 is 0 Å². The second-order valence-electron chi connectivity index (χ2n) is 9.42. The van der Waals surface area contributed by atoms with Crippen molar-refractivity contribution >= 4 is 0 Å². The smallest absolute Gasteiger partial charge is 0.231 e. The summed E-state index contributed by atoms with van der Waals surface area (Å²) in [5.41, 5.74) is 2.78. The average molecular weight is 411 g/mol. The van der Waals surface area contributed by atoms with Crippen LogP contribution in [0.4, 0.5) is 0 Å². The Kier molecular flexibility index (Phi) is 6.96. The van der Waals surface area contributed by atoms with Gasteiger partial charge in [0.1, 0.15) is 6.54 Å². The van der Waals surface area contributed by atoms with Crippen molar-refractivity contribution in [3.63, 3.8) is 0 Å². The van der Waals surface area contributed by atoms with Crippen molar-refractivity contribution < 1.29 is 19.5 Å². The number of nitrogens with two attached hydrogens (primary N) is 1. The predicted octanol–water partition coefficient (Wildman–Crippen LogP) is 4.32. The van der Waals surface area contributed by atoms with Crippen LogP contribution in [0.2, 0.25) is 0 Å². The van der Waals surface area contributed by atoms with E-state index in [2.05, 4.69) is 61.6 Å². The van der Waals surface area contributed by atoms with E-state index in [1.807, 2.05) is 6.07 Å². The number of quaternary nitrogens is 1. The predicted molar refractivity (Wildman–Crippen MR) is 119 cm³/mol. The summed E-state index contributed by atoms with van der Waals surface area (Å²) in [5.74, 6) is 3.23. The molecule has 30 heavy (non-hydrogen) atoms. The highest BCUT2D eigenvalue weighted by Crippen LogP contribution is 2.37. The minimum atomic E-state index is 0.0172. The summed E-state index contributed by atoms with van der Waals surface area (Å²) in [4.78, 5) is 0. The first-order chi connectivity index (χ1) is 14.6. The zero-order valence-electron chi connectivity index (χ0n) is 18.4. The van der Waals surface area contributed by atoms with Crippen LogP contribution in [0.25, 0.3) is 0 Å². The van der Waals surface area contributed by atoms with E-state index in [0.29, 0.717) is 6.79 Å². The van der Waals surface area contributed by atoms with Crippen molar-refractivity contribution in [2.45, 2.75) is 58.1 Å². The third-order valence-electron chi connectivity index (χ3n) is 6.54. The Labute approximate surface area is 180 Å². The molecule has 0 amide bonds. The van der Waals surface area contributed by atoms with Crippen LogP contribution < -0.4 is 14.8 Å². The van der Waals surface area contributed by atoms with E-state index in [1.165, 1.54) is 43.2 Å². The Morgan fingerprint density at radius 1 is 1.03 bits per heavy atom. The zero-order valence-corrected chi connectivity index (χ0v) is 18.4. The molecule has 0 radical (unpaired) electrons. The summed E-state index contributed by atoms with van der Waals surface area (Å²) < 4.78 is 16.9. The molecule has 2 aromatic carbocycles. The first-order valence-corrected chi connectivity index (χ1v) is 11.5. The molecule has 2 heterocycles. The van der Waals surface area contributed by atoms with Gasteiger partial charge in [-0.25, -0.2) is 0 Å². The zero-order chi connectivity index (χ0) is 20.8. The van der Waals surface area contributed by atoms with Gasteiger partial charge in [0.15, 0.2) is 11.5 Å². The van der Waals surface area contributed by atoms with Gasteiger partial charge < -0.3 is 19.5 Å². The van der Waals surface area contributed by atoms with Crippen molar-refractivity contribution in [2.24, 2.45) is 11.8 Å². The van der Waals surface area contributed by atoms with E-state index < -0.39 is 0 Å². The Morgan fingerprint density at radius 2 is 1.87 bits per heavy atom. The summed E-state index contributed by atoms with van der Waals surface area (Å²) in [6.07, 6.45) is 6.09. The fourth-order valence-corrected chi connectivity index (χ4v) is 4.96. The first-order valence-electron chi connectivity index (χ1n) is 11.5. The quantitative estimate of drug-likeness (QED) is 0.626. The Morgan fingerprint density at radius 3 is 2.70 bits per heavy atom. The lowest BCUT2D eigenvalue weighted by molar-refractivity contribution is -0.671. The van der Waals surface area contributed by atoms with Crippen LogP contribution in [0.1, 0.15) is 50.7 Å². The molecule has 0 saturated carbocycles. The monoisotopic (exact) mass is 410 g/mol. The maximum Gasteiger partial charge on any atom is 0.231 e. The topological polar surface area (TPSA) is 44.3 Å². The van der Waals surface area contributed by atoms with Gasteiger partial charge in [0.25, 0.3) is 0 Å². The highest BCUT2D eigenvalue weighted by molar-refractivity contribution is 5.44. The van der Waals surface area contributed by atoms with Gasteiger partial charge in [0.05, 0.1) is 12.1 Å². The van der Waals surface area contributed by atoms with Gasteiger partial charge in [-0.05, 0) is 81.5 Å².